The highest BCUT2D eigenvalue weighted by Gasteiger charge is 2.36. The van der Waals surface area contributed by atoms with Crippen LogP contribution < -0.4 is 0 Å². The van der Waals surface area contributed by atoms with E-state index in [2.05, 4.69) is 19.8 Å². The van der Waals surface area contributed by atoms with Crippen LogP contribution in [0.2, 0.25) is 0 Å². The third-order valence-corrected chi connectivity index (χ3v) is 7.91. The van der Waals surface area contributed by atoms with Crippen LogP contribution in [0.3, 0.4) is 0 Å². The van der Waals surface area contributed by atoms with Gasteiger partial charge in [0.05, 0.1) is 23.5 Å². The third kappa shape index (κ3) is 3.04. The molecule has 1 aromatic heterocycles. The lowest BCUT2D eigenvalue weighted by Crippen LogP contribution is -2.56. The molecule has 148 valence electrons. The summed E-state index contributed by atoms with van der Waals surface area (Å²) in [5.74, 6) is 0.611. The number of rotatable bonds is 3. The van der Waals surface area contributed by atoms with E-state index >= 15 is 0 Å². The van der Waals surface area contributed by atoms with Gasteiger partial charge < -0.3 is 4.90 Å². The van der Waals surface area contributed by atoms with E-state index in [0.717, 1.165) is 43.1 Å². The van der Waals surface area contributed by atoms with Crippen LogP contribution in [-0.2, 0) is 10.0 Å². The fraction of sp³-hybridized carbons (Fsp3) is 0.500. The first kappa shape index (κ1) is 17.9. The number of benzene rings is 1. The van der Waals surface area contributed by atoms with Gasteiger partial charge in [0.1, 0.15) is 0 Å². The Bertz CT molecular complexity index is 1010. The number of sulfonamides is 1. The third-order valence-electron chi connectivity index (χ3n) is 6.13. The second kappa shape index (κ2) is 7.00. The first-order valence-electron chi connectivity index (χ1n) is 10.0. The normalized spacial score (nSPS) is 21.8. The molecule has 0 N–H and O–H groups in total. The van der Waals surface area contributed by atoms with Crippen molar-refractivity contribution in [1.82, 2.24) is 19.1 Å². The highest BCUT2D eigenvalue weighted by Crippen LogP contribution is 2.27. The molecule has 0 unspecified atom stereocenters. The van der Waals surface area contributed by atoms with Crippen molar-refractivity contribution in [3.05, 3.63) is 36.5 Å². The fourth-order valence-electron chi connectivity index (χ4n) is 4.29. The molecule has 28 heavy (non-hydrogen) atoms. The Morgan fingerprint density at radius 2 is 1.82 bits per heavy atom. The zero-order valence-corrected chi connectivity index (χ0v) is 16.7. The molecule has 3 aliphatic rings. The van der Waals surface area contributed by atoms with Crippen LogP contribution in [0.5, 0.6) is 0 Å². The van der Waals surface area contributed by atoms with Gasteiger partial charge in [0.15, 0.2) is 0 Å². The van der Waals surface area contributed by atoms with Crippen molar-refractivity contribution in [2.24, 2.45) is 4.99 Å². The topological polar surface area (TPSA) is 69.1 Å². The van der Waals surface area contributed by atoms with Crippen molar-refractivity contribution in [3.8, 4) is 0 Å². The molecule has 0 radical (unpaired) electrons. The van der Waals surface area contributed by atoms with Gasteiger partial charge in [0.25, 0.3) is 10.0 Å². The van der Waals surface area contributed by atoms with Crippen LogP contribution in [0.15, 0.2) is 46.4 Å². The van der Waals surface area contributed by atoms with Crippen LogP contribution in [-0.4, -0.2) is 78.8 Å². The Morgan fingerprint density at radius 3 is 2.57 bits per heavy atom. The van der Waals surface area contributed by atoms with Crippen molar-refractivity contribution >= 4 is 26.9 Å². The summed E-state index contributed by atoms with van der Waals surface area (Å²) < 4.78 is 28.2. The number of hydrogen-bond acceptors (Lipinski definition) is 6. The van der Waals surface area contributed by atoms with E-state index in [0.29, 0.717) is 23.9 Å². The molecule has 0 spiro atoms. The number of piperazine rings is 1. The van der Waals surface area contributed by atoms with Gasteiger partial charge >= 0.3 is 0 Å². The van der Waals surface area contributed by atoms with Gasteiger partial charge in [-0.2, -0.15) is 0 Å². The minimum absolute atomic E-state index is 0.302. The van der Waals surface area contributed by atoms with Gasteiger partial charge in [0.2, 0.25) is 5.96 Å². The zero-order valence-electron chi connectivity index (χ0n) is 15.9. The van der Waals surface area contributed by atoms with Crippen LogP contribution >= 0.6 is 0 Å². The minimum atomic E-state index is -3.63. The van der Waals surface area contributed by atoms with E-state index in [4.69, 9.17) is 0 Å². The Labute approximate surface area is 165 Å². The van der Waals surface area contributed by atoms with Gasteiger partial charge in [0, 0.05) is 43.8 Å². The molecule has 1 saturated carbocycles. The predicted molar refractivity (Wildman–Crippen MR) is 109 cm³/mol. The number of nitrogens with zero attached hydrogens (tertiary/aromatic N) is 5. The molecular weight excluding hydrogens is 374 g/mol. The van der Waals surface area contributed by atoms with Crippen molar-refractivity contribution < 1.29 is 8.42 Å². The number of aromatic nitrogens is 1. The molecule has 1 saturated heterocycles. The summed E-state index contributed by atoms with van der Waals surface area (Å²) in [5.41, 5.74) is 0.795. The minimum Gasteiger partial charge on any atom is -0.339 e. The van der Waals surface area contributed by atoms with Crippen molar-refractivity contribution in [2.75, 3.05) is 39.3 Å². The molecule has 2 aromatic rings. The number of pyridine rings is 1. The maximum absolute atomic E-state index is 13.3. The second-order valence-corrected chi connectivity index (χ2v) is 9.59. The molecule has 0 bridgehead atoms. The molecule has 8 heteroatoms. The molecule has 7 nitrogen and oxygen atoms in total. The highest BCUT2D eigenvalue weighted by molar-refractivity contribution is 7.89. The first-order valence-corrected chi connectivity index (χ1v) is 11.5. The number of hydrogen-bond donors (Lipinski definition) is 0. The lowest BCUT2D eigenvalue weighted by atomic mass is 9.91. The Hall–Kier alpha value is -2.19. The van der Waals surface area contributed by atoms with E-state index in [1.807, 2.05) is 12.1 Å². The number of fused-ring (bicyclic) bond motifs is 1. The van der Waals surface area contributed by atoms with Crippen LogP contribution in [0.25, 0.3) is 10.9 Å². The smallest absolute Gasteiger partial charge is 0.266 e. The molecule has 0 atom stereocenters. The van der Waals surface area contributed by atoms with Gasteiger partial charge in [-0.05, 0) is 37.1 Å². The summed E-state index contributed by atoms with van der Waals surface area (Å²) in [7, 11) is -3.63. The number of guanidine groups is 1. The summed E-state index contributed by atoms with van der Waals surface area (Å²) >= 11 is 0. The molecule has 5 rings (SSSR count). The van der Waals surface area contributed by atoms with Gasteiger partial charge in [-0.3, -0.25) is 14.9 Å². The van der Waals surface area contributed by atoms with Crippen molar-refractivity contribution in [3.63, 3.8) is 0 Å². The summed E-state index contributed by atoms with van der Waals surface area (Å²) in [6.45, 7) is 4.57. The maximum atomic E-state index is 13.3. The second-order valence-electron chi connectivity index (χ2n) is 7.72. The Balaban J connectivity index is 1.36. The van der Waals surface area contributed by atoms with Crippen molar-refractivity contribution in [1.29, 1.82) is 0 Å². The lowest BCUT2D eigenvalue weighted by molar-refractivity contribution is 0.0833. The number of aliphatic imine (C=N–C) groups is 1. The van der Waals surface area contributed by atoms with Crippen LogP contribution in [0, 0.1) is 0 Å². The first-order chi connectivity index (χ1) is 13.6. The highest BCUT2D eigenvalue weighted by atomic mass is 32.2. The predicted octanol–water partition coefficient (Wildman–Crippen LogP) is 1.77. The summed E-state index contributed by atoms with van der Waals surface area (Å²) in [5, 5.41) is 0.829. The quantitative estimate of drug-likeness (QED) is 0.787. The van der Waals surface area contributed by atoms with E-state index in [1.54, 1.807) is 24.4 Å². The summed E-state index contributed by atoms with van der Waals surface area (Å²) in [4.78, 5) is 13.8. The lowest BCUT2D eigenvalue weighted by Gasteiger charge is -2.44. The fourth-order valence-corrected chi connectivity index (χ4v) is 5.77. The SMILES string of the molecule is O=S(=O)(c1ccc2ncccc2c1)N1CCN=C1N1CCN(C2CCC2)CC1. The molecule has 3 heterocycles. The largest absolute Gasteiger partial charge is 0.339 e. The average molecular weight is 400 g/mol. The zero-order chi connectivity index (χ0) is 19.1. The molecule has 0 amide bonds. The average Bonchev–Trinajstić information content (AvgIpc) is 3.18. The molecular formula is C20H25N5O2S. The van der Waals surface area contributed by atoms with E-state index in [9.17, 15) is 8.42 Å². The standard InChI is InChI=1S/C20H25N5O2S/c26-28(27,18-6-7-19-16(15-18)3-2-8-21-19)25-10-9-22-20(25)24-13-11-23(12-14-24)17-4-1-5-17/h2-3,6-8,15,17H,1,4-5,9-14H2. The monoisotopic (exact) mass is 399 g/mol. The summed E-state index contributed by atoms with van der Waals surface area (Å²) in [6, 6.07) is 9.58. The summed E-state index contributed by atoms with van der Waals surface area (Å²) in [6.07, 6.45) is 5.66. The van der Waals surface area contributed by atoms with Crippen LogP contribution in [0.1, 0.15) is 19.3 Å². The van der Waals surface area contributed by atoms with E-state index < -0.39 is 10.0 Å². The Kier molecular flexibility index (Phi) is 4.47. The maximum Gasteiger partial charge on any atom is 0.266 e. The molecule has 1 aliphatic carbocycles. The molecule has 1 aromatic carbocycles. The molecule has 2 aliphatic heterocycles. The van der Waals surface area contributed by atoms with E-state index in [-0.39, 0.29) is 0 Å². The van der Waals surface area contributed by atoms with Gasteiger partial charge in [-0.1, -0.05) is 12.5 Å². The van der Waals surface area contributed by atoms with E-state index in [1.165, 1.54) is 23.6 Å². The molecule has 2 fully saturated rings. The van der Waals surface area contributed by atoms with Crippen molar-refractivity contribution in [2.45, 2.75) is 30.2 Å². The Morgan fingerprint density at radius 1 is 1.00 bits per heavy atom. The van der Waals surface area contributed by atoms with Gasteiger partial charge in [-0.15, -0.1) is 0 Å². The van der Waals surface area contributed by atoms with Gasteiger partial charge in [-0.25, -0.2) is 12.7 Å². The van der Waals surface area contributed by atoms with Crippen LogP contribution in [0.4, 0.5) is 0 Å².